The van der Waals surface area contributed by atoms with Crippen LogP contribution in [0, 0.1) is 0 Å². The molecule has 20 aromatic rings. The second-order valence-electron chi connectivity index (χ2n) is 31.5. The summed E-state index contributed by atoms with van der Waals surface area (Å²) >= 11 is 3.72. The Morgan fingerprint density at radius 1 is 0.150 bits per heavy atom. The van der Waals surface area contributed by atoms with E-state index in [0.717, 1.165) is 94.4 Å². The van der Waals surface area contributed by atoms with E-state index < -0.39 is 10.8 Å². The Labute approximate surface area is 703 Å². The maximum absolute atomic E-state index is 5.44. The van der Waals surface area contributed by atoms with Gasteiger partial charge in [0.25, 0.3) is 0 Å². The van der Waals surface area contributed by atoms with Crippen molar-refractivity contribution in [2.24, 2.45) is 0 Å². The predicted octanol–water partition coefficient (Wildman–Crippen LogP) is 28.4. The fourth-order valence-electron chi connectivity index (χ4n) is 19.4. The Hall–Kier alpha value is -14.8. The first-order chi connectivity index (χ1) is 59.4. The maximum atomic E-state index is 5.44. The van der Waals surface area contributed by atoms with Crippen molar-refractivity contribution in [3.8, 4) is 146 Å². The molecule has 4 heterocycles. The van der Waals surface area contributed by atoms with Crippen LogP contribution in [0.15, 0.2) is 432 Å². The van der Waals surface area contributed by atoms with Gasteiger partial charge in [-0.15, -0.1) is 0 Å². The highest BCUT2D eigenvalue weighted by atomic mass is 32.2. The molecule has 558 valence electrons. The molecule has 24 rings (SSSR count). The number of fused-ring (bicyclic) bond motifs is 21. The molecule has 4 aliphatic rings. The van der Waals surface area contributed by atoms with E-state index in [1.807, 2.05) is 41.7 Å². The van der Waals surface area contributed by atoms with E-state index in [1.54, 1.807) is 0 Å². The fourth-order valence-corrected chi connectivity index (χ4v) is 21.7. The molecule has 18 aromatic carbocycles. The van der Waals surface area contributed by atoms with Crippen molar-refractivity contribution < 1.29 is 0 Å². The zero-order valence-electron chi connectivity index (χ0n) is 64.8. The van der Waals surface area contributed by atoms with Crippen LogP contribution in [0.5, 0.6) is 0 Å². The first-order valence-corrected chi connectivity index (χ1v) is 42.4. The van der Waals surface area contributed by atoms with Gasteiger partial charge in [0.15, 0.2) is 34.9 Å². The molecule has 0 bridgehead atoms. The van der Waals surface area contributed by atoms with Gasteiger partial charge in [-0.1, -0.05) is 363 Å². The Balaban J connectivity index is 0.569. The van der Waals surface area contributed by atoms with Crippen LogP contribution in [0.2, 0.25) is 0 Å². The van der Waals surface area contributed by atoms with Crippen molar-refractivity contribution >= 4 is 45.1 Å². The van der Waals surface area contributed by atoms with Gasteiger partial charge in [0.1, 0.15) is 0 Å². The van der Waals surface area contributed by atoms with Crippen molar-refractivity contribution in [2.45, 2.75) is 30.4 Å². The molecule has 120 heavy (non-hydrogen) atoms. The molecule has 6 nitrogen and oxygen atoms in total. The third-order valence-corrected chi connectivity index (χ3v) is 27.2. The third-order valence-electron chi connectivity index (χ3n) is 24.9. The minimum Gasteiger partial charge on any atom is -0.208 e. The van der Waals surface area contributed by atoms with Crippen LogP contribution in [-0.2, 0) is 10.8 Å². The first-order valence-electron chi connectivity index (χ1n) is 40.8. The Bertz CT molecular complexity index is 7580. The number of hydrogen-bond acceptors (Lipinski definition) is 8. The quantitative estimate of drug-likeness (QED) is 0.119. The smallest absolute Gasteiger partial charge is 0.164 e. The van der Waals surface area contributed by atoms with E-state index in [-0.39, 0.29) is 0 Å². The second kappa shape index (κ2) is 28.0. The molecule has 0 amide bonds. The topological polar surface area (TPSA) is 77.3 Å². The van der Waals surface area contributed by atoms with Gasteiger partial charge in [-0.25, -0.2) is 29.9 Å². The van der Waals surface area contributed by atoms with Crippen molar-refractivity contribution in [3.05, 3.63) is 457 Å². The highest BCUT2D eigenvalue weighted by Gasteiger charge is 2.52. The minimum absolute atomic E-state index is 0.497. The van der Waals surface area contributed by atoms with Crippen LogP contribution in [0.25, 0.3) is 168 Å². The van der Waals surface area contributed by atoms with Gasteiger partial charge in [0.2, 0.25) is 0 Å². The minimum atomic E-state index is -0.613. The summed E-state index contributed by atoms with van der Waals surface area (Å²) in [6.07, 6.45) is 0. The van der Waals surface area contributed by atoms with Gasteiger partial charge in [-0.3, -0.25) is 0 Å². The number of rotatable bonds is 11. The van der Waals surface area contributed by atoms with Crippen molar-refractivity contribution in [3.63, 3.8) is 0 Å². The van der Waals surface area contributed by atoms with Gasteiger partial charge >= 0.3 is 0 Å². The molecule has 2 spiro atoms. The summed E-state index contributed by atoms with van der Waals surface area (Å²) in [5, 5.41) is 4.77. The molecule has 1 unspecified atom stereocenters. The summed E-state index contributed by atoms with van der Waals surface area (Å²) in [5.41, 5.74) is 30.7. The number of hydrogen-bond donors (Lipinski definition) is 0. The summed E-state index contributed by atoms with van der Waals surface area (Å²) in [4.78, 5) is 36.9. The van der Waals surface area contributed by atoms with E-state index in [2.05, 4.69) is 394 Å². The number of aromatic nitrogens is 6. The van der Waals surface area contributed by atoms with Gasteiger partial charge < -0.3 is 0 Å². The molecule has 2 aliphatic heterocycles. The average molecular weight is 1560 g/mol. The molecular weight excluding hydrogens is 1490 g/mol. The van der Waals surface area contributed by atoms with Crippen LogP contribution in [-0.4, -0.2) is 29.9 Å². The Morgan fingerprint density at radius 3 is 0.925 bits per heavy atom. The van der Waals surface area contributed by atoms with E-state index in [1.165, 1.54) is 103 Å². The maximum Gasteiger partial charge on any atom is 0.164 e. The van der Waals surface area contributed by atoms with E-state index in [0.29, 0.717) is 34.9 Å². The van der Waals surface area contributed by atoms with Crippen LogP contribution in [0.3, 0.4) is 0 Å². The number of benzene rings is 18. The van der Waals surface area contributed by atoms with Gasteiger partial charge in [0, 0.05) is 53.0 Å². The molecule has 0 radical (unpaired) electrons. The van der Waals surface area contributed by atoms with E-state index in [9.17, 15) is 0 Å². The van der Waals surface area contributed by atoms with Gasteiger partial charge in [0.05, 0.1) is 10.8 Å². The van der Waals surface area contributed by atoms with E-state index >= 15 is 0 Å². The summed E-state index contributed by atoms with van der Waals surface area (Å²) in [7, 11) is 0. The zero-order valence-corrected chi connectivity index (χ0v) is 66.4. The largest absolute Gasteiger partial charge is 0.208 e. The number of nitrogens with zero attached hydrogens (tertiary/aromatic N) is 6. The molecular formula is C112H68N6S2. The standard InChI is InChI=1S/C112H68N6S2/c1-3-23-69(24-4-1)74-28-19-32-82(61-74)107-115-108(117-109(116-107)85-35-22-31-77(64-85)79-55-59-103-99(67-79)111(97-43-15-17-45-101(97)119-103)93-40-12-9-37-89(93)90-38-10-13-41-94(90)111)83-33-20-29-75(62-83)70-47-49-71(50-48-70)78-54-58-96-92(66-78)91-39-11-14-42-95(91)112(96)98-44-16-18-46-102(98)120-104-60-56-80(68-100(104)112)76-30-21-34-84(63-76)106-113-105(73-26-5-2-6-27-73)114-110(118-106)86-53-57-88-81(65-86)52-51-72-25-7-8-36-87(72)88/h1-68H. The lowest BCUT2D eigenvalue weighted by Crippen LogP contribution is -2.32. The summed E-state index contributed by atoms with van der Waals surface area (Å²) < 4.78 is 0. The molecule has 8 heteroatoms. The normalized spacial score (nSPS) is 14.0. The van der Waals surface area contributed by atoms with Crippen LogP contribution in [0.1, 0.15) is 44.5 Å². The molecule has 0 saturated carbocycles. The SMILES string of the molecule is c1ccc(-c2cccc(-c3nc(-c4cccc(-c5ccc(-c6ccc7c(c6)-c6ccccc6C76c7ccccc7Sc7ccc(-c8cccc(-c9nc(-c%10ccccc%10)nc(-c%10ccc%11c(ccc%12ccccc%12%11)c%10)n9)c8)cc76)cc5)c4)nc(-c4cccc(-c5ccc6c(c5)C5(c7ccccc7S6)c6ccccc6-c6ccccc65)c4)n3)c2)cc1. The van der Waals surface area contributed by atoms with Crippen LogP contribution >= 0.6 is 23.5 Å². The second-order valence-corrected chi connectivity index (χ2v) is 33.7. The summed E-state index contributed by atoms with van der Waals surface area (Å²) in [6.45, 7) is 0. The molecule has 1 atom stereocenters. The molecule has 0 fully saturated rings. The highest BCUT2D eigenvalue weighted by Crippen LogP contribution is 2.65. The molecule has 2 aromatic heterocycles. The van der Waals surface area contributed by atoms with Crippen LogP contribution in [0.4, 0.5) is 0 Å². The third kappa shape index (κ3) is 11.2. The monoisotopic (exact) mass is 1560 g/mol. The Morgan fingerprint density at radius 2 is 0.442 bits per heavy atom. The lowest BCUT2D eigenvalue weighted by atomic mass is 9.67. The first kappa shape index (κ1) is 69.5. The molecule has 2 aliphatic carbocycles. The summed E-state index contributed by atoms with van der Waals surface area (Å²) in [5.74, 6) is 3.64. The van der Waals surface area contributed by atoms with Crippen molar-refractivity contribution in [1.82, 2.24) is 29.9 Å². The zero-order chi connectivity index (χ0) is 79.0. The van der Waals surface area contributed by atoms with Gasteiger partial charge in [-0.05, 0) is 217 Å². The van der Waals surface area contributed by atoms with Crippen molar-refractivity contribution in [1.29, 1.82) is 0 Å². The lowest BCUT2D eigenvalue weighted by molar-refractivity contribution is 0.723. The van der Waals surface area contributed by atoms with Gasteiger partial charge in [-0.2, -0.15) is 0 Å². The Kier molecular flexibility index (Phi) is 16.2. The summed E-state index contributed by atoms with van der Waals surface area (Å²) in [6, 6.07) is 150. The van der Waals surface area contributed by atoms with Crippen molar-refractivity contribution in [2.75, 3.05) is 0 Å². The van der Waals surface area contributed by atoms with Crippen LogP contribution < -0.4 is 0 Å². The lowest BCUT2D eigenvalue weighted by Gasteiger charge is -2.40. The molecule has 0 saturated heterocycles. The average Bonchev–Trinajstić information content (AvgIpc) is 1.51. The highest BCUT2D eigenvalue weighted by molar-refractivity contribution is 7.99. The fraction of sp³-hybridized carbons (Fsp3) is 0.0179. The molecule has 0 N–H and O–H groups in total. The van der Waals surface area contributed by atoms with E-state index in [4.69, 9.17) is 29.9 Å². The predicted molar refractivity (Wildman–Crippen MR) is 491 cm³/mol.